The molecule has 1 fully saturated rings. The molecule has 2 atom stereocenters. The van der Waals surface area contributed by atoms with Crippen LogP contribution in [-0.2, 0) is 16.0 Å². The minimum absolute atomic E-state index is 0.215. The number of aromatic amines is 1. The average molecular weight is 443 g/mol. The number of rotatable bonds is 7. The quantitative estimate of drug-likeness (QED) is 0.421. The van der Waals surface area contributed by atoms with Crippen molar-refractivity contribution in [3.63, 3.8) is 0 Å². The van der Waals surface area contributed by atoms with Crippen molar-refractivity contribution in [1.82, 2.24) is 9.88 Å². The summed E-state index contributed by atoms with van der Waals surface area (Å²) in [7, 11) is 0. The highest BCUT2D eigenvalue weighted by Gasteiger charge is 2.39. The molecule has 1 aliphatic heterocycles. The van der Waals surface area contributed by atoms with Crippen LogP contribution in [0, 0.1) is 5.92 Å². The first kappa shape index (κ1) is 21.1. The zero-order valence-electron chi connectivity index (χ0n) is 18.5. The van der Waals surface area contributed by atoms with E-state index >= 15 is 0 Å². The Hall–Kier alpha value is -3.80. The molecule has 33 heavy (non-hydrogen) atoms. The molecule has 0 aliphatic carbocycles. The van der Waals surface area contributed by atoms with Gasteiger partial charge in [-0.2, -0.15) is 0 Å². The summed E-state index contributed by atoms with van der Waals surface area (Å²) in [6.45, 7) is 2.44. The number of nitrogens with one attached hydrogen (secondary N) is 1. The molecule has 6 nitrogen and oxygen atoms in total. The third-order valence-corrected chi connectivity index (χ3v) is 6.23. The number of nitrogens with zero attached hydrogens (tertiary/aromatic N) is 1. The Morgan fingerprint density at radius 3 is 2.67 bits per heavy atom. The Morgan fingerprint density at radius 1 is 1.06 bits per heavy atom. The van der Waals surface area contributed by atoms with Gasteiger partial charge in [-0.05, 0) is 36.6 Å². The molecule has 3 aromatic carbocycles. The lowest BCUT2D eigenvalue weighted by Crippen LogP contribution is -2.43. The normalized spacial score (nSPS) is 16.8. The fraction of sp³-hybridized carbons (Fsp3) is 0.259. The number of para-hydroxylation sites is 1. The summed E-state index contributed by atoms with van der Waals surface area (Å²) in [5.74, 6) is 0.204. The molecule has 168 valence electrons. The van der Waals surface area contributed by atoms with Crippen LogP contribution in [0.15, 0.2) is 72.8 Å². The van der Waals surface area contributed by atoms with E-state index in [1.807, 2.05) is 73.7 Å². The lowest BCUT2D eigenvalue weighted by atomic mass is 10.0. The van der Waals surface area contributed by atoms with Crippen LogP contribution in [-0.4, -0.2) is 41.1 Å². The van der Waals surface area contributed by atoms with Gasteiger partial charge in [0.15, 0.2) is 0 Å². The molecule has 0 bridgehead atoms. The van der Waals surface area contributed by atoms with Gasteiger partial charge in [-0.25, -0.2) is 9.69 Å². The van der Waals surface area contributed by atoms with E-state index in [1.54, 1.807) is 0 Å². The standard InChI is InChI=1S/C27H26N2O4/c1-18(26(30)29-20(17-33-27(29)31)16-19-8-3-2-4-9-19)14-15-32-24-13-7-12-23-25(24)21-10-5-6-11-22(21)28-23/h2-13,18,20,28H,14-17H2,1H3/t18?,20-/m0/s1. The molecule has 0 radical (unpaired) electrons. The fourth-order valence-electron chi connectivity index (χ4n) is 4.46. The molecule has 4 aromatic rings. The molecule has 2 heterocycles. The van der Waals surface area contributed by atoms with Crippen LogP contribution in [0.1, 0.15) is 18.9 Å². The number of benzene rings is 3. The van der Waals surface area contributed by atoms with Crippen molar-refractivity contribution in [2.45, 2.75) is 25.8 Å². The fourth-order valence-corrected chi connectivity index (χ4v) is 4.46. The summed E-state index contributed by atoms with van der Waals surface area (Å²) in [5.41, 5.74) is 3.15. The Bertz CT molecular complexity index is 1300. The molecule has 0 saturated carbocycles. The lowest BCUT2D eigenvalue weighted by molar-refractivity contribution is -0.133. The van der Waals surface area contributed by atoms with Crippen molar-refractivity contribution in [3.05, 3.63) is 78.4 Å². The van der Waals surface area contributed by atoms with Gasteiger partial charge >= 0.3 is 6.09 Å². The highest BCUT2D eigenvalue weighted by Crippen LogP contribution is 2.33. The van der Waals surface area contributed by atoms with Gasteiger partial charge in [0.25, 0.3) is 0 Å². The van der Waals surface area contributed by atoms with Crippen LogP contribution >= 0.6 is 0 Å². The molecule has 1 unspecified atom stereocenters. The molecular weight excluding hydrogens is 416 g/mol. The van der Waals surface area contributed by atoms with E-state index in [2.05, 4.69) is 11.1 Å². The number of aromatic nitrogens is 1. The second-order valence-electron chi connectivity index (χ2n) is 8.52. The van der Waals surface area contributed by atoms with Crippen molar-refractivity contribution in [3.8, 4) is 5.75 Å². The van der Waals surface area contributed by atoms with Gasteiger partial charge in [0, 0.05) is 22.2 Å². The molecular formula is C27H26N2O4. The van der Waals surface area contributed by atoms with E-state index in [-0.39, 0.29) is 24.5 Å². The number of imide groups is 1. The Balaban J connectivity index is 1.25. The van der Waals surface area contributed by atoms with Gasteiger partial charge in [-0.3, -0.25) is 4.79 Å². The second-order valence-corrected chi connectivity index (χ2v) is 8.52. The smallest absolute Gasteiger partial charge is 0.416 e. The summed E-state index contributed by atoms with van der Waals surface area (Å²) in [5, 5.41) is 2.15. The maximum Gasteiger partial charge on any atom is 0.416 e. The monoisotopic (exact) mass is 442 g/mol. The van der Waals surface area contributed by atoms with Crippen molar-refractivity contribution >= 4 is 33.8 Å². The molecule has 6 heteroatoms. The summed E-state index contributed by atoms with van der Waals surface area (Å²) >= 11 is 0. The molecule has 0 spiro atoms. The van der Waals surface area contributed by atoms with Crippen LogP contribution in [0.3, 0.4) is 0 Å². The Kier molecular flexibility index (Phi) is 5.73. The van der Waals surface area contributed by atoms with Crippen molar-refractivity contribution in [1.29, 1.82) is 0 Å². The minimum Gasteiger partial charge on any atom is -0.493 e. The lowest BCUT2D eigenvalue weighted by Gasteiger charge is -2.23. The van der Waals surface area contributed by atoms with Crippen LogP contribution in [0.4, 0.5) is 4.79 Å². The number of fused-ring (bicyclic) bond motifs is 3. The number of hydrogen-bond acceptors (Lipinski definition) is 4. The van der Waals surface area contributed by atoms with Crippen LogP contribution in [0.5, 0.6) is 5.75 Å². The number of ether oxygens (including phenoxy) is 2. The number of amides is 2. The third-order valence-electron chi connectivity index (χ3n) is 6.23. The average Bonchev–Trinajstić information content (AvgIpc) is 3.39. The second kappa shape index (κ2) is 8.98. The zero-order valence-corrected chi connectivity index (χ0v) is 18.5. The van der Waals surface area contributed by atoms with Gasteiger partial charge < -0.3 is 14.5 Å². The zero-order chi connectivity index (χ0) is 22.8. The van der Waals surface area contributed by atoms with E-state index in [0.29, 0.717) is 19.4 Å². The maximum atomic E-state index is 13.1. The Morgan fingerprint density at radius 2 is 1.82 bits per heavy atom. The number of H-pyrrole nitrogens is 1. The molecule has 1 saturated heterocycles. The highest BCUT2D eigenvalue weighted by molar-refractivity contribution is 6.10. The van der Waals surface area contributed by atoms with Gasteiger partial charge in [-0.1, -0.05) is 61.5 Å². The van der Waals surface area contributed by atoms with Crippen LogP contribution in [0.25, 0.3) is 21.8 Å². The van der Waals surface area contributed by atoms with E-state index in [1.165, 1.54) is 4.90 Å². The summed E-state index contributed by atoms with van der Waals surface area (Å²) < 4.78 is 11.3. The predicted octanol–water partition coefficient (Wildman–Crippen LogP) is 5.32. The third kappa shape index (κ3) is 4.16. The van der Waals surface area contributed by atoms with Gasteiger partial charge in [0.2, 0.25) is 5.91 Å². The molecule has 1 aromatic heterocycles. The summed E-state index contributed by atoms with van der Waals surface area (Å²) in [4.78, 5) is 30.1. The largest absolute Gasteiger partial charge is 0.493 e. The first-order chi connectivity index (χ1) is 16.1. The molecule has 2 amide bonds. The van der Waals surface area contributed by atoms with E-state index in [9.17, 15) is 9.59 Å². The van der Waals surface area contributed by atoms with Crippen LogP contribution < -0.4 is 4.74 Å². The minimum atomic E-state index is -0.558. The number of carbonyl (C=O) groups is 2. The highest BCUT2D eigenvalue weighted by atomic mass is 16.6. The molecule has 1 N–H and O–H groups in total. The maximum absolute atomic E-state index is 13.1. The van der Waals surface area contributed by atoms with Crippen molar-refractivity contribution in [2.75, 3.05) is 13.2 Å². The predicted molar refractivity (Wildman–Crippen MR) is 127 cm³/mol. The Labute approximate surface area is 192 Å². The van der Waals surface area contributed by atoms with E-state index in [0.717, 1.165) is 33.1 Å². The van der Waals surface area contributed by atoms with Crippen molar-refractivity contribution in [2.24, 2.45) is 5.92 Å². The van der Waals surface area contributed by atoms with E-state index in [4.69, 9.17) is 9.47 Å². The SMILES string of the molecule is CC(CCOc1cccc2[nH]c3ccccc3c12)C(=O)N1C(=O)OC[C@@H]1Cc1ccccc1. The first-order valence-corrected chi connectivity index (χ1v) is 11.3. The first-order valence-electron chi connectivity index (χ1n) is 11.3. The number of carbonyl (C=O) groups excluding carboxylic acids is 2. The molecule has 5 rings (SSSR count). The van der Waals surface area contributed by atoms with Crippen LogP contribution in [0.2, 0.25) is 0 Å². The summed E-state index contributed by atoms with van der Waals surface area (Å²) in [6.07, 6.45) is 0.529. The van der Waals surface area contributed by atoms with Gasteiger partial charge in [0.1, 0.15) is 12.4 Å². The van der Waals surface area contributed by atoms with Gasteiger partial charge in [-0.15, -0.1) is 0 Å². The van der Waals surface area contributed by atoms with Crippen molar-refractivity contribution < 1.29 is 19.1 Å². The van der Waals surface area contributed by atoms with Gasteiger partial charge in [0.05, 0.1) is 18.2 Å². The number of hydrogen-bond donors (Lipinski definition) is 1. The topological polar surface area (TPSA) is 71.6 Å². The molecule has 1 aliphatic rings. The summed E-state index contributed by atoms with van der Waals surface area (Å²) in [6, 6.07) is 23.6. The number of cyclic esters (lactones) is 1. The van der Waals surface area contributed by atoms with E-state index < -0.39 is 6.09 Å².